The first-order valence-electron chi connectivity index (χ1n) is 6.30. The molecule has 1 amide bonds. The van der Waals surface area contributed by atoms with Gasteiger partial charge < -0.3 is 11.1 Å². The fourth-order valence-corrected chi connectivity index (χ4v) is 2.76. The van der Waals surface area contributed by atoms with Gasteiger partial charge in [0.1, 0.15) is 6.04 Å². The van der Waals surface area contributed by atoms with E-state index in [0.29, 0.717) is 0 Å². The summed E-state index contributed by atoms with van der Waals surface area (Å²) in [5, 5.41) is 5.00. The molecule has 3 N–H and O–H groups in total. The molecule has 0 radical (unpaired) electrons. The summed E-state index contributed by atoms with van der Waals surface area (Å²) in [6, 6.07) is 13.0. The maximum absolute atomic E-state index is 12.0. The Kier molecular flexibility index (Phi) is 4.71. The first-order chi connectivity index (χ1) is 9.16. The summed E-state index contributed by atoms with van der Waals surface area (Å²) in [5.74, 6) is -0.129. The van der Waals surface area contributed by atoms with E-state index in [0.717, 1.165) is 12.0 Å². The first-order valence-corrected chi connectivity index (χ1v) is 7.18. The first kappa shape index (κ1) is 13.8. The molecule has 1 heterocycles. The van der Waals surface area contributed by atoms with Gasteiger partial charge in [0.15, 0.2) is 0 Å². The predicted molar refractivity (Wildman–Crippen MR) is 79.0 cm³/mol. The highest BCUT2D eigenvalue weighted by Crippen LogP contribution is 2.13. The number of nitrogens with two attached hydrogens (primary N) is 1. The fourth-order valence-electron chi connectivity index (χ4n) is 1.93. The Balaban J connectivity index is 1.90. The molecule has 1 aromatic heterocycles. The predicted octanol–water partition coefficient (Wildman–Crippen LogP) is 2.50. The Morgan fingerprint density at radius 3 is 2.63 bits per heavy atom. The summed E-state index contributed by atoms with van der Waals surface area (Å²) in [5.41, 5.74) is 6.79. The lowest BCUT2D eigenvalue weighted by Gasteiger charge is -2.17. The molecule has 4 heteroatoms. The second-order valence-corrected chi connectivity index (χ2v) is 5.61. The van der Waals surface area contributed by atoms with Crippen molar-refractivity contribution in [2.45, 2.75) is 25.4 Å². The number of hydrogen-bond donors (Lipinski definition) is 2. The van der Waals surface area contributed by atoms with Crippen molar-refractivity contribution in [3.05, 3.63) is 58.3 Å². The molecular formula is C15H18N2OS. The van der Waals surface area contributed by atoms with Gasteiger partial charge in [-0.3, -0.25) is 4.79 Å². The zero-order valence-corrected chi connectivity index (χ0v) is 11.7. The van der Waals surface area contributed by atoms with Gasteiger partial charge in [-0.25, -0.2) is 0 Å². The van der Waals surface area contributed by atoms with E-state index in [2.05, 4.69) is 11.4 Å². The van der Waals surface area contributed by atoms with Crippen LogP contribution in [0.1, 0.15) is 23.4 Å². The van der Waals surface area contributed by atoms with Crippen LogP contribution in [0, 0.1) is 0 Å². The average Bonchev–Trinajstić information content (AvgIpc) is 2.91. The van der Waals surface area contributed by atoms with Gasteiger partial charge in [0.05, 0.1) is 0 Å². The molecule has 0 aliphatic heterocycles. The van der Waals surface area contributed by atoms with Crippen LogP contribution in [0.15, 0.2) is 47.8 Å². The number of hydrogen-bond acceptors (Lipinski definition) is 3. The average molecular weight is 274 g/mol. The van der Waals surface area contributed by atoms with Crippen LogP contribution in [0.3, 0.4) is 0 Å². The second-order valence-electron chi connectivity index (χ2n) is 4.58. The van der Waals surface area contributed by atoms with E-state index < -0.39 is 6.04 Å². The van der Waals surface area contributed by atoms with Gasteiger partial charge in [0, 0.05) is 17.3 Å². The van der Waals surface area contributed by atoms with Crippen LogP contribution in [-0.2, 0) is 11.2 Å². The highest BCUT2D eigenvalue weighted by atomic mass is 32.1. The summed E-state index contributed by atoms with van der Waals surface area (Å²) in [6.07, 6.45) is 0.838. The van der Waals surface area contributed by atoms with Crippen molar-refractivity contribution in [3.63, 3.8) is 0 Å². The van der Waals surface area contributed by atoms with Crippen molar-refractivity contribution in [2.75, 3.05) is 0 Å². The molecule has 0 saturated heterocycles. The Morgan fingerprint density at radius 2 is 2.00 bits per heavy atom. The summed E-state index contributed by atoms with van der Waals surface area (Å²) < 4.78 is 0. The number of nitrogens with one attached hydrogen (secondary N) is 1. The molecule has 0 fully saturated rings. The van der Waals surface area contributed by atoms with E-state index in [1.54, 1.807) is 11.3 Å². The van der Waals surface area contributed by atoms with Crippen molar-refractivity contribution >= 4 is 17.2 Å². The highest BCUT2D eigenvalue weighted by Gasteiger charge is 2.17. The third kappa shape index (κ3) is 3.91. The SMILES string of the molecule is C[C@@H](Cc1cccs1)NC(=O)[C@H](N)c1ccccc1. The van der Waals surface area contributed by atoms with Crippen LogP contribution >= 0.6 is 11.3 Å². The summed E-state index contributed by atoms with van der Waals surface area (Å²) >= 11 is 1.70. The molecule has 2 aromatic rings. The molecule has 100 valence electrons. The van der Waals surface area contributed by atoms with Crippen molar-refractivity contribution in [1.82, 2.24) is 5.32 Å². The number of benzene rings is 1. The van der Waals surface area contributed by atoms with Gasteiger partial charge in [-0.05, 0) is 23.9 Å². The maximum Gasteiger partial charge on any atom is 0.241 e. The Labute approximate surface area is 117 Å². The van der Waals surface area contributed by atoms with Gasteiger partial charge >= 0.3 is 0 Å². The Bertz CT molecular complexity index is 510. The minimum Gasteiger partial charge on any atom is -0.352 e. The van der Waals surface area contributed by atoms with Gasteiger partial charge in [-0.1, -0.05) is 36.4 Å². The second kappa shape index (κ2) is 6.50. The molecule has 2 atom stereocenters. The lowest BCUT2D eigenvalue weighted by atomic mass is 10.1. The molecule has 0 aliphatic rings. The molecule has 1 aromatic carbocycles. The Morgan fingerprint density at radius 1 is 1.26 bits per heavy atom. The van der Waals surface area contributed by atoms with E-state index in [9.17, 15) is 4.79 Å². The van der Waals surface area contributed by atoms with Crippen LogP contribution in [0.4, 0.5) is 0 Å². The fraction of sp³-hybridized carbons (Fsp3) is 0.267. The lowest BCUT2D eigenvalue weighted by molar-refractivity contribution is -0.123. The zero-order chi connectivity index (χ0) is 13.7. The molecule has 19 heavy (non-hydrogen) atoms. The van der Waals surface area contributed by atoms with E-state index in [-0.39, 0.29) is 11.9 Å². The lowest BCUT2D eigenvalue weighted by Crippen LogP contribution is -2.40. The van der Waals surface area contributed by atoms with E-state index >= 15 is 0 Å². The molecule has 2 rings (SSSR count). The third-order valence-corrected chi connectivity index (χ3v) is 3.82. The van der Waals surface area contributed by atoms with E-state index in [4.69, 9.17) is 5.73 Å². The standard InChI is InChI=1S/C15H18N2OS/c1-11(10-13-8-5-9-19-13)17-15(18)14(16)12-6-3-2-4-7-12/h2-9,11,14H,10,16H2,1H3,(H,17,18)/t11-,14+/m0/s1. The van der Waals surface area contributed by atoms with Crippen molar-refractivity contribution in [1.29, 1.82) is 0 Å². The van der Waals surface area contributed by atoms with Gasteiger partial charge in [0.2, 0.25) is 5.91 Å². The van der Waals surface area contributed by atoms with Crippen molar-refractivity contribution in [3.8, 4) is 0 Å². The van der Waals surface area contributed by atoms with Gasteiger partial charge in [-0.2, -0.15) is 0 Å². The highest BCUT2D eigenvalue weighted by molar-refractivity contribution is 7.09. The summed E-state index contributed by atoms with van der Waals surface area (Å²) in [4.78, 5) is 13.3. The van der Waals surface area contributed by atoms with Crippen LogP contribution in [0.5, 0.6) is 0 Å². The molecule has 0 spiro atoms. The number of carbonyl (C=O) groups excluding carboxylic acids is 1. The van der Waals surface area contributed by atoms with E-state index in [1.165, 1.54) is 4.88 Å². The molecule has 0 bridgehead atoms. The molecule has 0 aliphatic carbocycles. The normalized spacial score (nSPS) is 13.8. The monoisotopic (exact) mass is 274 g/mol. The smallest absolute Gasteiger partial charge is 0.241 e. The molecular weight excluding hydrogens is 256 g/mol. The zero-order valence-electron chi connectivity index (χ0n) is 10.9. The van der Waals surface area contributed by atoms with Crippen LogP contribution in [0.25, 0.3) is 0 Å². The van der Waals surface area contributed by atoms with E-state index in [1.807, 2.05) is 48.7 Å². The molecule has 0 unspecified atom stereocenters. The number of rotatable bonds is 5. The van der Waals surface area contributed by atoms with Crippen molar-refractivity contribution in [2.24, 2.45) is 5.73 Å². The number of thiophene rings is 1. The summed E-state index contributed by atoms with van der Waals surface area (Å²) in [7, 11) is 0. The minimum absolute atomic E-state index is 0.0842. The third-order valence-electron chi connectivity index (χ3n) is 2.92. The summed E-state index contributed by atoms with van der Waals surface area (Å²) in [6.45, 7) is 2.00. The maximum atomic E-state index is 12.0. The minimum atomic E-state index is -0.605. The van der Waals surface area contributed by atoms with Gasteiger partial charge in [0.25, 0.3) is 0 Å². The molecule has 0 saturated carbocycles. The quantitative estimate of drug-likeness (QED) is 0.880. The topological polar surface area (TPSA) is 55.1 Å². The Hall–Kier alpha value is -1.65. The number of amides is 1. The number of carbonyl (C=O) groups is 1. The van der Waals surface area contributed by atoms with Crippen LogP contribution in [0.2, 0.25) is 0 Å². The molecule has 3 nitrogen and oxygen atoms in total. The van der Waals surface area contributed by atoms with Crippen LogP contribution in [-0.4, -0.2) is 11.9 Å². The van der Waals surface area contributed by atoms with Crippen molar-refractivity contribution < 1.29 is 4.79 Å². The largest absolute Gasteiger partial charge is 0.352 e. The van der Waals surface area contributed by atoms with Crippen LogP contribution < -0.4 is 11.1 Å². The van der Waals surface area contributed by atoms with Gasteiger partial charge in [-0.15, -0.1) is 11.3 Å².